The largest absolute Gasteiger partial charge is 0.354 e. The summed E-state index contributed by atoms with van der Waals surface area (Å²) in [7, 11) is 0. The van der Waals surface area contributed by atoms with Gasteiger partial charge in [-0.25, -0.2) is 9.97 Å². The van der Waals surface area contributed by atoms with Gasteiger partial charge >= 0.3 is 0 Å². The van der Waals surface area contributed by atoms with Gasteiger partial charge in [0.15, 0.2) is 0 Å². The summed E-state index contributed by atoms with van der Waals surface area (Å²) in [5.41, 5.74) is 0. The second-order valence-electron chi connectivity index (χ2n) is 3.92. The van der Waals surface area contributed by atoms with Crippen LogP contribution in [0.25, 0.3) is 0 Å². The van der Waals surface area contributed by atoms with Crippen LogP contribution in [0.5, 0.6) is 0 Å². The van der Waals surface area contributed by atoms with Gasteiger partial charge in [0.2, 0.25) is 5.95 Å². The van der Waals surface area contributed by atoms with Crippen LogP contribution in [0.1, 0.15) is 19.8 Å². The first kappa shape index (κ1) is 9.71. The summed E-state index contributed by atoms with van der Waals surface area (Å²) in [5.74, 6) is 2.30. The van der Waals surface area contributed by atoms with Gasteiger partial charge in [0, 0.05) is 6.54 Å². The maximum Gasteiger partial charge on any atom is 0.222 e. The van der Waals surface area contributed by atoms with Crippen LogP contribution >= 0.6 is 11.6 Å². The predicted octanol–water partition coefficient (Wildman–Crippen LogP) is 2.59. The van der Waals surface area contributed by atoms with E-state index in [1.54, 1.807) is 12.4 Å². The number of nitrogens with one attached hydrogen (secondary N) is 1. The zero-order valence-electron chi connectivity index (χ0n) is 8.20. The molecule has 1 aliphatic rings. The third-order valence-corrected chi connectivity index (χ3v) is 2.82. The topological polar surface area (TPSA) is 37.8 Å². The Kier molecular flexibility index (Phi) is 2.87. The number of hydrogen-bond acceptors (Lipinski definition) is 3. The lowest BCUT2D eigenvalue weighted by Crippen LogP contribution is -2.14. The molecule has 0 aromatic carbocycles. The molecule has 1 heterocycles. The normalized spacial score (nSPS) is 17.9. The van der Waals surface area contributed by atoms with Crippen molar-refractivity contribution in [3.8, 4) is 0 Å². The number of hydrogen-bond donors (Lipinski definition) is 1. The molecule has 14 heavy (non-hydrogen) atoms. The summed E-state index contributed by atoms with van der Waals surface area (Å²) in [6.45, 7) is 3.22. The van der Waals surface area contributed by atoms with Crippen molar-refractivity contribution in [1.82, 2.24) is 9.97 Å². The minimum atomic E-state index is 0.575. The quantitative estimate of drug-likeness (QED) is 0.832. The molecule has 1 aliphatic carbocycles. The van der Waals surface area contributed by atoms with E-state index in [-0.39, 0.29) is 0 Å². The van der Waals surface area contributed by atoms with E-state index in [2.05, 4.69) is 22.2 Å². The van der Waals surface area contributed by atoms with Crippen molar-refractivity contribution in [3.63, 3.8) is 0 Å². The third kappa shape index (κ3) is 2.58. The Hall–Kier alpha value is -0.830. The fourth-order valence-corrected chi connectivity index (χ4v) is 1.59. The fraction of sp³-hybridized carbons (Fsp3) is 0.600. The maximum atomic E-state index is 5.68. The molecular formula is C10H14ClN3. The summed E-state index contributed by atoms with van der Waals surface area (Å²) < 4.78 is 0. The number of nitrogens with zero attached hydrogens (tertiary/aromatic N) is 2. The van der Waals surface area contributed by atoms with E-state index >= 15 is 0 Å². The smallest absolute Gasteiger partial charge is 0.222 e. The van der Waals surface area contributed by atoms with E-state index in [0.717, 1.165) is 12.5 Å². The minimum absolute atomic E-state index is 0.575. The molecule has 1 fully saturated rings. The van der Waals surface area contributed by atoms with E-state index in [4.69, 9.17) is 11.6 Å². The Bertz CT molecular complexity index is 295. The van der Waals surface area contributed by atoms with E-state index in [0.29, 0.717) is 16.9 Å². The van der Waals surface area contributed by atoms with Crippen molar-refractivity contribution in [3.05, 3.63) is 17.4 Å². The van der Waals surface area contributed by atoms with E-state index < -0.39 is 0 Å². The Morgan fingerprint density at radius 2 is 2.14 bits per heavy atom. The molecule has 0 radical (unpaired) electrons. The molecular weight excluding hydrogens is 198 g/mol. The van der Waals surface area contributed by atoms with Crippen LogP contribution in [-0.4, -0.2) is 16.5 Å². The lowest BCUT2D eigenvalue weighted by Gasteiger charge is -2.10. The van der Waals surface area contributed by atoms with Crippen molar-refractivity contribution < 1.29 is 0 Å². The highest BCUT2D eigenvalue weighted by atomic mass is 35.5. The van der Waals surface area contributed by atoms with E-state index in [1.807, 2.05) is 0 Å². The maximum absolute atomic E-state index is 5.68. The highest BCUT2D eigenvalue weighted by molar-refractivity contribution is 6.30. The summed E-state index contributed by atoms with van der Waals surface area (Å²) in [6.07, 6.45) is 5.98. The van der Waals surface area contributed by atoms with Gasteiger partial charge in [-0.3, -0.25) is 0 Å². The molecule has 0 bridgehead atoms. The highest BCUT2D eigenvalue weighted by Crippen LogP contribution is 2.36. The van der Waals surface area contributed by atoms with Crippen LogP contribution in [0.15, 0.2) is 12.4 Å². The zero-order chi connectivity index (χ0) is 9.97. The standard InChI is InChI=1S/C10H14ClN3/c1-7(8-2-3-8)4-12-10-13-5-9(11)6-14-10/h5-8H,2-4H2,1H3,(H,12,13,14). The highest BCUT2D eigenvalue weighted by Gasteiger charge is 2.27. The van der Waals surface area contributed by atoms with Gasteiger partial charge in [0.1, 0.15) is 0 Å². The van der Waals surface area contributed by atoms with E-state index in [9.17, 15) is 0 Å². The minimum Gasteiger partial charge on any atom is -0.354 e. The first-order valence-corrected chi connectivity index (χ1v) is 5.35. The fourth-order valence-electron chi connectivity index (χ4n) is 1.49. The number of halogens is 1. The zero-order valence-corrected chi connectivity index (χ0v) is 8.96. The summed E-state index contributed by atoms with van der Waals surface area (Å²) in [5, 5.41) is 3.79. The average Bonchev–Trinajstić information content (AvgIpc) is 3.00. The van der Waals surface area contributed by atoms with Gasteiger partial charge in [-0.2, -0.15) is 0 Å². The van der Waals surface area contributed by atoms with Crippen molar-refractivity contribution in [1.29, 1.82) is 0 Å². The molecule has 0 saturated heterocycles. The summed E-state index contributed by atoms with van der Waals surface area (Å²) in [6, 6.07) is 0. The molecule has 2 rings (SSSR count). The molecule has 1 atom stereocenters. The molecule has 1 saturated carbocycles. The van der Waals surface area contributed by atoms with Crippen molar-refractivity contribution in [2.24, 2.45) is 11.8 Å². The first-order valence-electron chi connectivity index (χ1n) is 4.97. The Balaban J connectivity index is 1.82. The van der Waals surface area contributed by atoms with Gasteiger partial charge in [-0.15, -0.1) is 0 Å². The van der Waals surface area contributed by atoms with Crippen LogP contribution < -0.4 is 5.32 Å². The van der Waals surface area contributed by atoms with Gasteiger partial charge < -0.3 is 5.32 Å². The van der Waals surface area contributed by atoms with E-state index in [1.165, 1.54) is 12.8 Å². The van der Waals surface area contributed by atoms with Gasteiger partial charge in [0.05, 0.1) is 17.4 Å². The Morgan fingerprint density at radius 1 is 1.50 bits per heavy atom. The van der Waals surface area contributed by atoms with Crippen molar-refractivity contribution in [2.75, 3.05) is 11.9 Å². The lowest BCUT2D eigenvalue weighted by atomic mass is 10.1. The Labute approximate surface area is 88.9 Å². The number of rotatable bonds is 4. The average molecular weight is 212 g/mol. The van der Waals surface area contributed by atoms with Crippen LogP contribution in [0.4, 0.5) is 5.95 Å². The van der Waals surface area contributed by atoms with Crippen LogP contribution in [0, 0.1) is 11.8 Å². The SMILES string of the molecule is CC(CNc1ncc(Cl)cn1)C1CC1. The second-order valence-corrected chi connectivity index (χ2v) is 4.36. The Morgan fingerprint density at radius 3 is 2.71 bits per heavy atom. The van der Waals surface area contributed by atoms with Gasteiger partial charge in [-0.05, 0) is 24.7 Å². The van der Waals surface area contributed by atoms with Gasteiger partial charge in [0.25, 0.3) is 0 Å². The second kappa shape index (κ2) is 4.13. The van der Waals surface area contributed by atoms with Crippen LogP contribution in [-0.2, 0) is 0 Å². The molecule has 0 aliphatic heterocycles. The van der Waals surface area contributed by atoms with Crippen LogP contribution in [0.2, 0.25) is 5.02 Å². The molecule has 1 N–H and O–H groups in total. The van der Waals surface area contributed by atoms with Crippen LogP contribution in [0.3, 0.4) is 0 Å². The molecule has 76 valence electrons. The predicted molar refractivity (Wildman–Crippen MR) is 57.4 cm³/mol. The molecule has 1 unspecified atom stereocenters. The lowest BCUT2D eigenvalue weighted by molar-refractivity contribution is 0.535. The molecule has 4 heteroatoms. The third-order valence-electron chi connectivity index (χ3n) is 2.63. The molecule has 0 amide bonds. The number of aromatic nitrogens is 2. The van der Waals surface area contributed by atoms with Crippen molar-refractivity contribution >= 4 is 17.5 Å². The monoisotopic (exact) mass is 211 g/mol. The molecule has 1 aromatic heterocycles. The molecule has 3 nitrogen and oxygen atoms in total. The number of anilines is 1. The summed E-state index contributed by atoms with van der Waals surface area (Å²) in [4.78, 5) is 8.15. The van der Waals surface area contributed by atoms with Gasteiger partial charge in [-0.1, -0.05) is 18.5 Å². The van der Waals surface area contributed by atoms with Crippen molar-refractivity contribution in [2.45, 2.75) is 19.8 Å². The molecule has 1 aromatic rings. The first-order chi connectivity index (χ1) is 6.75. The summed E-state index contributed by atoms with van der Waals surface area (Å²) >= 11 is 5.68. The molecule has 0 spiro atoms.